The standard InChI is InChI=1S/C14H14N2O5S/c1-14(17,9-16-22(18,19)11-7-15-20-8-11)13-6-10-4-2-3-5-12(10)21-13/h2-8,16-17H,9H2,1H3. The molecule has 3 rings (SSSR count). The summed E-state index contributed by atoms with van der Waals surface area (Å²) in [5, 5.41) is 14.7. The van der Waals surface area contributed by atoms with Gasteiger partial charge < -0.3 is 14.0 Å². The van der Waals surface area contributed by atoms with Crippen molar-refractivity contribution in [2.75, 3.05) is 6.54 Å². The maximum Gasteiger partial charge on any atom is 0.245 e. The van der Waals surface area contributed by atoms with Gasteiger partial charge >= 0.3 is 0 Å². The fraction of sp³-hybridized carbons (Fsp3) is 0.214. The molecule has 7 nitrogen and oxygen atoms in total. The molecule has 0 saturated heterocycles. The Morgan fingerprint density at radius 2 is 2.14 bits per heavy atom. The number of rotatable bonds is 5. The molecule has 0 spiro atoms. The second kappa shape index (κ2) is 5.24. The van der Waals surface area contributed by atoms with Gasteiger partial charge in [-0.2, -0.15) is 0 Å². The van der Waals surface area contributed by atoms with Gasteiger partial charge in [0.05, 0.1) is 6.20 Å². The molecule has 8 heteroatoms. The SMILES string of the molecule is CC(O)(CNS(=O)(=O)c1cnoc1)c1cc2ccccc2o1. The van der Waals surface area contributed by atoms with Crippen molar-refractivity contribution in [1.29, 1.82) is 0 Å². The van der Waals surface area contributed by atoms with E-state index in [0.29, 0.717) is 5.58 Å². The first-order valence-electron chi connectivity index (χ1n) is 6.49. The van der Waals surface area contributed by atoms with E-state index in [1.807, 2.05) is 18.2 Å². The second-order valence-corrected chi connectivity index (χ2v) is 6.87. The minimum atomic E-state index is -3.80. The molecule has 0 amide bonds. The van der Waals surface area contributed by atoms with E-state index >= 15 is 0 Å². The molecule has 0 radical (unpaired) electrons. The number of para-hydroxylation sites is 1. The average Bonchev–Trinajstić information content (AvgIpc) is 3.14. The first-order chi connectivity index (χ1) is 10.4. The Bertz CT molecular complexity index is 848. The molecule has 2 heterocycles. The van der Waals surface area contributed by atoms with E-state index in [1.165, 1.54) is 6.92 Å². The van der Waals surface area contributed by atoms with Crippen LogP contribution >= 0.6 is 0 Å². The number of furan rings is 1. The number of nitrogens with one attached hydrogen (secondary N) is 1. The Morgan fingerprint density at radius 3 is 2.82 bits per heavy atom. The third-order valence-electron chi connectivity index (χ3n) is 3.28. The van der Waals surface area contributed by atoms with Gasteiger partial charge in [0.2, 0.25) is 10.0 Å². The van der Waals surface area contributed by atoms with Crippen LogP contribution in [-0.2, 0) is 15.6 Å². The molecule has 0 bridgehead atoms. The summed E-state index contributed by atoms with van der Waals surface area (Å²) in [7, 11) is -3.80. The van der Waals surface area contributed by atoms with E-state index in [4.69, 9.17) is 4.42 Å². The summed E-state index contributed by atoms with van der Waals surface area (Å²) in [5.74, 6) is 0.279. The molecule has 116 valence electrons. The summed E-state index contributed by atoms with van der Waals surface area (Å²) in [4.78, 5) is -0.104. The molecule has 1 atom stereocenters. The van der Waals surface area contributed by atoms with E-state index in [9.17, 15) is 13.5 Å². The van der Waals surface area contributed by atoms with E-state index < -0.39 is 15.6 Å². The average molecular weight is 322 g/mol. The van der Waals surface area contributed by atoms with Crippen LogP contribution in [0.2, 0.25) is 0 Å². The number of aromatic nitrogens is 1. The number of hydrogen-bond acceptors (Lipinski definition) is 6. The molecule has 2 aromatic heterocycles. The molecular weight excluding hydrogens is 308 g/mol. The summed E-state index contributed by atoms with van der Waals surface area (Å²) >= 11 is 0. The van der Waals surface area contributed by atoms with Gasteiger partial charge in [-0.25, -0.2) is 13.1 Å². The van der Waals surface area contributed by atoms with Crippen LogP contribution in [0.5, 0.6) is 0 Å². The number of nitrogens with zero attached hydrogens (tertiary/aromatic N) is 1. The van der Waals surface area contributed by atoms with Gasteiger partial charge in [0.1, 0.15) is 28.1 Å². The lowest BCUT2D eigenvalue weighted by Crippen LogP contribution is -2.38. The summed E-state index contributed by atoms with van der Waals surface area (Å²) < 4.78 is 36.4. The number of sulfonamides is 1. The van der Waals surface area contributed by atoms with Gasteiger partial charge in [-0.05, 0) is 19.1 Å². The topological polar surface area (TPSA) is 106 Å². The van der Waals surface area contributed by atoms with Crippen LogP contribution < -0.4 is 4.72 Å². The number of benzene rings is 1. The largest absolute Gasteiger partial charge is 0.458 e. The predicted molar refractivity (Wildman–Crippen MR) is 77.5 cm³/mol. The minimum Gasteiger partial charge on any atom is -0.458 e. The number of aliphatic hydroxyl groups is 1. The monoisotopic (exact) mass is 322 g/mol. The molecule has 22 heavy (non-hydrogen) atoms. The fourth-order valence-electron chi connectivity index (χ4n) is 1.98. The van der Waals surface area contributed by atoms with Gasteiger partial charge in [0.25, 0.3) is 0 Å². The molecule has 0 aliphatic heterocycles. The third kappa shape index (κ3) is 2.76. The predicted octanol–water partition coefficient (Wildman–Crippen LogP) is 1.61. The number of hydrogen-bond donors (Lipinski definition) is 2. The first-order valence-corrected chi connectivity index (χ1v) is 7.97. The van der Waals surface area contributed by atoms with Crippen molar-refractivity contribution in [3.05, 3.63) is 48.6 Å². The van der Waals surface area contributed by atoms with Crippen molar-refractivity contribution in [1.82, 2.24) is 9.88 Å². The zero-order chi connectivity index (χ0) is 15.8. The van der Waals surface area contributed by atoms with Crippen LogP contribution in [0.3, 0.4) is 0 Å². The molecule has 0 saturated carbocycles. The highest BCUT2D eigenvalue weighted by molar-refractivity contribution is 7.89. The van der Waals surface area contributed by atoms with Crippen molar-refractivity contribution < 1.29 is 22.5 Å². The maximum absolute atomic E-state index is 12.0. The van der Waals surface area contributed by atoms with E-state index in [-0.39, 0.29) is 17.2 Å². The molecule has 2 N–H and O–H groups in total. The van der Waals surface area contributed by atoms with Crippen LogP contribution in [0, 0.1) is 0 Å². The maximum atomic E-state index is 12.0. The number of fused-ring (bicyclic) bond motifs is 1. The zero-order valence-corrected chi connectivity index (χ0v) is 12.5. The molecule has 0 aliphatic rings. The van der Waals surface area contributed by atoms with Gasteiger partial charge in [0.15, 0.2) is 0 Å². The van der Waals surface area contributed by atoms with E-state index in [1.54, 1.807) is 12.1 Å². The zero-order valence-electron chi connectivity index (χ0n) is 11.7. The Hall–Kier alpha value is -2.16. The molecule has 0 aliphatic carbocycles. The van der Waals surface area contributed by atoms with Gasteiger partial charge in [-0.3, -0.25) is 0 Å². The molecular formula is C14H14N2O5S. The van der Waals surface area contributed by atoms with Crippen LogP contribution in [0.4, 0.5) is 0 Å². The third-order valence-corrected chi connectivity index (χ3v) is 4.63. The lowest BCUT2D eigenvalue weighted by atomic mass is 10.0. The van der Waals surface area contributed by atoms with Gasteiger partial charge in [-0.1, -0.05) is 23.4 Å². The summed E-state index contributed by atoms with van der Waals surface area (Å²) in [5.41, 5.74) is -0.872. The Morgan fingerprint density at radius 1 is 1.36 bits per heavy atom. The quantitative estimate of drug-likeness (QED) is 0.739. The molecule has 3 aromatic rings. The van der Waals surface area contributed by atoms with Crippen molar-refractivity contribution in [3.8, 4) is 0 Å². The van der Waals surface area contributed by atoms with Gasteiger partial charge in [0, 0.05) is 11.9 Å². The van der Waals surface area contributed by atoms with Crippen LogP contribution in [-0.4, -0.2) is 25.2 Å². The lowest BCUT2D eigenvalue weighted by Gasteiger charge is -2.20. The summed E-state index contributed by atoms with van der Waals surface area (Å²) in [6.07, 6.45) is 2.09. The van der Waals surface area contributed by atoms with Crippen LogP contribution in [0.25, 0.3) is 11.0 Å². The minimum absolute atomic E-state index is 0.104. The highest BCUT2D eigenvalue weighted by atomic mass is 32.2. The Labute approximate surface area is 126 Å². The Balaban J connectivity index is 1.81. The lowest BCUT2D eigenvalue weighted by molar-refractivity contribution is 0.0412. The van der Waals surface area contributed by atoms with Crippen molar-refractivity contribution in [2.24, 2.45) is 0 Å². The van der Waals surface area contributed by atoms with E-state index in [2.05, 4.69) is 14.4 Å². The second-order valence-electron chi connectivity index (χ2n) is 5.11. The summed E-state index contributed by atoms with van der Waals surface area (Å²) in [6.45, 7) is 1.22. The normalized spacial score (nSPS) is 15.0. The highest BCUT2D eigenvalue weighted by Crippen LogP contribution is 2.27. The van der Waals surface area contributed by atoms with Crippen LogP contribution in [0.1, 0.15) is 12.7 Å². The van der Waals surface area contributed by atoms with E-state index in [0.717, 1.165) is 17.8 Å². The molecule has 0 fully saturated rings. The Kier molecular flexibility index (Phi) is 3.51. The fourth-order valence-corrected chi connectivity index (χ4v) is 2.97. The highest BCUT2D eigenvalue weighted by Gasteiger charge is 2.30. The summed E-state index contributed by atoms with van der Waals surface area (Å²) in [6, 6.07) is 8.98. The van der Waals surface area contributed by atoms with Crippen molar-refractivity contribution in [2.45, 2.75) is 17.4 Å². The molecule has 1 unspecified atom stereocenters. The molecule has 1 aromatic carbocycles. The first kappa shape index (κ1) is 14.8. The van der Waals surface area contributed by atoms with Crippen LogP contribution in [0.15, 0.2) is 56.6 Å². The smallest absolute Gasteiger partial charge is 0.245 e. The van der Waals surface area contributed by atoms with Crippen molar-refractivity contribution >= 4 is 21.0 Å². The van der Waals surface area contributed by atoms with Crippen molar-refractivity contribution in [3.63, 3.8) is 0 Å². The van der Waals surface area contributed by atoms with Gasteiger partial charge in [-0.15, -0.1) is 0 Å².